The van der Waals surface area contributed by atoms with E-state index in [0.717, 1.165) is 26.9 Å². The van der Waals surface area contributed by atoms with E-state index < -0.39 is 11.6 Å². The molecule has 0 fully saturated rings. The molecule has 0 radical (unpaired) electrons. The highest BCUT2D eigenvalue weighted by Crippen LogP contribution is 2.41. The highest BCUT2D eigenvalue weighted by Gasteiger charge is 2.15. The van der Waals surface area contributed by atoms with Crippen LogP contribution in [0.15, 0.2) is 83.9 Å². The lowest BCUT2D eigenvalue weighted by atomic mass is 10.0. The fourth-order valence-corrected chi connectivity index (χ4v) is 4.59. The van der Waals surface area contributed by atoms with Crippen molar-refractivity contribution in [2.75, 3.05) is 0 Å². The summed E-state index contributed by atoms with van der Waals surface area (Å²) in [4.78, 5) is 9.30. The van der Waals surface area contributed by atoms with Gasteiger partial charge in [0.1, 0.15) is 16.5 Å². The topological polar surface area (TPSA) is 85.9 Å². The Bertz CT molecular complexity index is 1510. The number of aromatic nitrogens is 1. The van der Waals surface area contributed by atoms with Gasteiger partial charge in [0.2, 0.25) is 0 Å². The second-order valence-corrected chi connectivity index (χ2v) is 8.39. The van der Waals surface area contributed by atoms with E-state index in [-0.39, 0.29) is 17.1 Å². The van der Waals surface area contributed by atoms with E-state index in [0.29, 0.717) is 10.7 Å². The highest BCUT2D eigenvalue weighted by atomic mass is 32.1. The number of phenolic OH excluding ortho intramolecular Hbond substituents is 3. The van der Waals surface area contributed by atoms with Crippen LogP contribution in [0.4, 0.5) is 10.1 Å². The molecule has 0 saturated heterocycles. The van der Waals surface area contributed by atoms with Crippen molar-refractivity contribution in [3.05, 3.63) is 90.2 Å². The molecule has 0 amide bonds. The van der Waals surface area contributed by atoms with Crippen LogP contribution in [0.1, 0.15) is 5.56 Å². The Labute approximate surface area is 192 Å². The number of hydrogen-bond acceptors (Lipinski definition) is 6. The molecule has 5 rings (SSSR count). The van der Waals surface area contributed by atoms with Crippen molar-refractivity contribution >= 4 is 33.5 Å². The molecule has 4 aromatic carbocycles. The van der Waals surface area contributed by atoms with Gasteiger partial charge in [-0.25, -0.2) is 9.37 Å². The number of aliphatic imine (C=N–C) groups is 1. The van der Waals surface area contributed by atoms with E-state index >= 15 is 0 Å². The van der Waals surface area contributed by atoms with Crippen molar-refractivity contribution in [1.82, 2.24) is 4.98 Å². The molecule has 5 nitrogen and oxygen atoms in total. The second kappa shape index (κ2) is 8.37. The van der Waals surface area contributed by atoms with Gasteiger partial charge >= 0.3 is 0 Å². The van der Waals surface area contributed by atoms with E-state index in [1.165, 1.54) is 29.7 Å². The summed E-state index contributed by atoms with van der Waals surface area (Å²) < 4.78 is 14.4. The number of hydrogen-bond donors (Lipinski definition) is 3. The number of fused-ring (bicyclic) bond motifs is 1. The van der Waals surface area contributed by atoms with Gasteiger partial charge in [-0.2, -0.15) is 0 Å². The standard InChI is InChI=1S/C26H17FN2O3S/c27-21-6-3-4-16(25(21)32)14-28-22-7-2-1-5-19(22)26-29-24-20(12-18(31)13-23(24)33-26)15-8-10-17(30)11-9-15/h1-14,30-32H. The average Bonchev–Trinajstić information content (AvgIpc) is 3.24. The number of aromatic hydroxyl groups is 3. The maximum atomic E-state index is 13.6. The molecule has 5 aromatic rings. The number of rotatable bonds is 4. The Morgan fingerprint density at radius 1 is 0.818 bits per heavy atom. The maximum absolute atomic E-state index is 13.6. The lowest BCUT2D eigenvalue weighted by molar-refractivity contribution is 0.431. The quantitative estimate of drug-likeness (QED) is 0.265. The monoisotopic (exact) mass is 456 g/mol. The third-order valence-corrected chi connectivity index (χ3v) is 6.19. The fraction of sp³-hybridized carbons (Fsp3) is 0. The van der Waals surface area contributed by atoms with Crippen molar-refractivity contribution in [3.63, 3.8) is 0 Å². The van der Waals surface area contributed by atoms with Gasteiger partial charge in [0, 0.05) is 22.9 Å². The third kappa shape index (κ3) is 4.02. The highest BCUT2D eigenvalue weighted by molar-refractivity contribution is 7.21. The van der Waals surface area contributed by atoms with E-state index in [9.17, 15) is 19.7 Å². The van der Waals surface area contributed by atoms with Crippen LogP contribution in [0.2, 0.25) is 0 Å². The smallest absolute Gasteiger partial charge is 0.165 e. The molecule has 7 heteroatoms. The molecular formula is C26H17FN2O3S. The summed E-state index contributed by atoms with van der Waals surface area (Å²) in [5, 5.41) is 30.5. The van der Waals surface area contributed by atoms with Gasteiger partial charge in [-0.1, -0.05) is 30.3 Å². The maximum Gasteiger partial charge on any atom is 0.165 e. The summed E-state index contributed by atoms with van der Waals surface area (Å²) in [7, 11) is 0. The summed E-state index contributed by atoms with van der Waals surface area (Å²) in [5.74, 6) is -0.883. The Morgan fingerprint density at radius 3 is 2.42 bits per heavy atom. The minimum atomic E-state index is -0.708. The van der Waals surface area contributed by atoms with Crippen LogP contribution in [-0.4, -0.2) is 26.5 Å². The molecule has 33 heavy (non-hydrogen) atoms. The summed E-state index contributed by atoms with van der Waals surface area (Å²) in [5.41, 5.74) is 3.93. The first-order chi connectivity index (χ1) is 16.0. The lowest BCUT2D eigenvalue weighted by Gasteiger charge is -2.04. The minimum Gasteiger partial charge on any atom is -0.508 e. The molecule has 0 aliphatic carbocycles. The van der Waals surface area contributed by atoms with Crippen molar-refractivity contribution in [2.24, 2.45) is 4.99 Å². The van der Waals surface area contributed by atoms with Crippen molar-refractivity contribution in [1.29, 1.82) is 0 Å². The summed E-state index contributed by atoms with van der Waals surface area (Å²) >= 11 is 1.41. The van der Waals surface area contributed by atoms with Crippen LogP contribution in [0, 0.1) is 5.82 Å². The number of para-hydroxylation sites is 2. The van der Waals surface area contributed by atoms with Gasteiger partial charge in [-0.05, 0) is 54.1 Å². The molecule has 1 aromatic heterocycles. The predicted octanol–water partition coefficient (Wildman–Crippen LogP) is 6.64. The zero-order valence-electron chi connectivity index (χ0n) is 17.1. The van der Waals surface area contributed by atoms with Crippen LogP contribution in [0.25, 0.3) is 31.9 Å². The first-order valence-electron chi connectivity index (χ1n) is 10.0. The minimum absolute atomic E-state index is 0.119. The van der Waals surface area contributed by atoms with E-state index in [1.807, 2.05) is 24.3 Å². The summed E-state index contributed by atoms with van der Waals surface area (Å²) in [6, 6.07) is 21.7. The first kappa shape index (κ1) is 20.7. The molecular weight excluding hydrogens is 439 g/mol. The van der Waals surface area contributed by atoms with Crippen LogP contribution >= 0.6 is 11.3 Å². The molecule has 1 heterocycles. The Morgan fingerprint density at radius 2 is 1.61 bits per heavy atom. The molecule has 0 aliphatic rings. The first-order valence-corrected chi connectivity index (χ1v) is 10.8. The number of thiazole rings is 1. The predicted molar refractivity (Wildman–Crippen MR) is 129 cm³/mol. The fourth-order valence-electron chi connectivity index (χ4n) is 3.53. The number of halogens is 1. The third-order valence-electron chi connectivity index (χ3n) is 5.15. The van der Waals surface area contributed by atoms with Gasteiger partial charge in [-0.15, -0.1) is 11.3 Å². The van der Waals surface area contributed by atoms with Gasteiger partial charge in [-0.3, -0.25) is 4.99 Å². The second-order valence-electron chi connectivity index (χ2n) is 7.36. The van der Waals surface area contributed by atoms with Crippen LogP contribution < -0.4 is 0 Å². The van der Waals surface area contributed by atoms with Gasteiger partial charge in [0.25, 0.3) is 0 Å². The SMILES string of the molecule is Oc1ccc(-c2cc(O)cc3sc(-c4ccccc4N=Cc4cccc(F)c4O)nc23)cc1. The molecule has 0 saturated carbocycles. The molecule has 0 atom stereocenters. The molecule has 162 valence electrons. The van der Waals surface area contributed by atoms with Gasteiger partial charge < -0.3 is 15.3 Å². The molecule has 0 bridgehead atoms. The number of nitrogens with zero attached hydrogens (tertiary/aromatic N) is 2. The van der Waals surface area contributed by atoms with Crippen LogP contribution in [0.3, 0.4) is 0 Å². The van der Waals surface area contributed by atoms with Gasteiger partial charge in [0.05, 0.1) is 15.9 Å². The Balaban J connectivity index is 1.61. The molecule has 0 unspecified atom stereocenters. The zero-order chi connectivity index (χ0) is 22.9. The lowest BCUT2D eigenvalue weighted by Crippen LogP contribution is -1.86. The summed E-state index contributed by atoms with van der Waals surface area (Å²) in [6.45, 7) is 0. The number of phenols is 3. The Hall–Kier alpha value is -4.23. The molecule has 0 aliphatic heterocycles. The molecule has 3 N–H and O–H groups in total. The van der Waals surface area contributed by atoms with Gasteiger partial charge in [0.15, 0.2) is 11.6 Å². The average molecular weight is 456 g/mol. The van der Waals surface area contributed by atoms with E-state index in [4.69, 9.17) is 4.98 Å². The van der Waals surface area contributed by atoms with Crippen LogP contribution in [0.5, 0.6) is 17.2 Å². The normalized spacial score (nSPS) is 11.4. The largest absolute Gasteiger partial charge is 0.508 e. The van der Waals surface area contributed by atoms with Crippen LogP contribution in [-0.2, 0) is 0 Å². The van der Waals surface area contributed by atoms with E-state index in [1.54, 1.807) is 42.5 Å². The van der Waals surface area contributed by atoms with Crippen molar-refractivity contribution < 1.29 is 19.7 Å². The Kier molecular flexibility index (Phi) is 5.24. The van der Waals surface area contributed by atoms with Crippen molar-refractivity contribution in [3.8, 4) is 38.9 Å². The molecule has 0 spiro atoms. The van der Waals surface area contributed by atoms with E-state index in [2.05, 4.69) is 4.99 Å². The van der Waals surface area contributed by atoms with Crippen molar-refractivity contribution in [2.45, 2.75) is 0 Å². The number of benzene rings is 4. The zero-order valence-corrected chi connectivity index (χ0v) is 17.9. The summed E-state index contributed by atoms with van der Waals surface area (Å²) in [6.07, 6.45) is 1.41.